The maximum Gasteiger partial charge on any atom is 0.460 e. The molecule has 0 aromatic heterocycles. The first kappa shape index (κ1) is 24.0. The zero-order valence-electron chi connectivity index (χ0n) is 14.4. The summed E-state index contributed by atoms with van der Waals surface area (Å²) < 4.78 is 128. The van der Waals surface area contributed by atoms with E-state index in [-0.39, 0.29) is 10.5 Å². The number of amides is 1. The molecule has 160 valence electrons. The Hall–Kier alpha value is -2.01. The molecule has 0 N–H and O–H groups in total. The molecule has 1 aromatic rings. The largest absolute Gasteiger partial charge is 0.460 e. The molecule has 0 aliphatic heterocycles. The van der Waals surface area contributed by atoms with Crippen LogP contribution in [0.25, 0.3) is 0 Å². The van der Waals surface area contributed by atoms with Gasteiger partial charge in [-0.15, -0.1) is 0 Å². The van der Waals surface area contributed by atoms with Crippen molar-refractivity contribution in [1.82, 2.24) is 4.90 Å². The van der Waals surface area contributed by atoms with Crippen LogP contribution in [0.3, 0.4) is 0 Å². The van der Waals surface area contributed by atoms with Crippen LogP contribution < -0.4 is 0 Å². The summed E-state index contributed by atoms with van der Waals surface area (Å²) in [5, 5.41) is 0. The van der Waals surface area contributed by atoms with E-state index < -0.39 is 54.7 Å². The molecule has 12 heteroatoms. The molecule has 1 amide bonds. The molecule has 0 spiro atoms. The Morgan fingerprint density at radius 3 is 1.96 bits per heavy atom. The molecule has 28 heavy (non-hydrogen) atoms. The van der Waals surface area contributed by atoms with E-state index in [1.54, 1.807) is 0 Å². The fourth-order valence-electron chi connectivity index (χ4n) is 2.47. The second kappa shape index (κ2) is 7.78. The van der Waals surface area contributed by atoms with Crippen LogP contribution in [0.4, 0.5) is 43.9 Å². The van der Waals surface area contributed by atoms with Gasteiger partial charge in [-0.1, -0.05) is 18.2 Å². The van der Waals surface area contributed by atoms with Gasteiger partial charge in [-0.05, 0) is 31.9 Å². The molecule has 1 unspecified atom stereocenters. The number of carbonyl (C=O) groups is 1. The Balaban J connectivity index is 3.12. The number of alkyl halides is 10. The van der Waals surface area contributed by atoms with Crippen LogP contribution in [-0.4, -0.2) is 41.4 Å². The van der Waals surface area contributed by atoms with Crippen LogP contribution in [-0.2, 0) is 17.4 Å². The van der Waals surface area contributed by atoms with Crippen molar-refractivity contribution >= 4 is 5.91 Å². The second-order valence-electron chi connectivity index (χ2n) is 5.99. The van der Waals surface area contributed by atoms with Crippen molar-refractivity contribution in [2.45, 2.75) is 50.5 Å². The first-order valence-corrected chi connectivity index (χ1v) is 7.76. The summed E-state index contributed by atoms with van der Waals surface area (Å²) in [7, 11) is 0. The van der Waals surface area contributed by atoms with Crippen molar-refractivity contribution in [3.8, 4) is 0 Å². The number of rotatable bonds is 6. The minimum absolute atomic E-state index is 0.0694. The van der Waals surface area contributed by atoms with E-state index in [1.165, 1.54) is 6.07 Å². The van der Waals surface area contributed by atoms with Crippen LogP contribution in [0.2, 0.25) is 0 Å². The van der Waals surface area contributed by atoms with Gasteiger partial charge in [0, 0.05) is 12.6 Å². The fourth-order valence-corrected chi connectivity index (χ4v) is 2.47. The van der Waals surface area contributed by atoms with Crippen molar-refractivity contribution < 1.29 is 48.7 Å². The molecule has 1 atom stereocenters. The van der Waals surface area contributed by atoms with Crippen LogP contribution in [0.1, 0.15) is 25.0 Å². The smallest absolute Gasteiger partial charge is 0.334 e. The van der Waals surface area contributed by atoms with E-state index in [2.05, 4.69) is 0 Å². The van der Waals surface area contributed by atoms with Crippen LogP contribution in [0.15, 0.2) is 24.3 Å². The Morgan fingerprint density at radius 1 is 1.00 bits per heavy atom. The molecule has 0 saturated heterocycles. The zero-order chi connectivity index (χ0) is 22.1. The molecule has 0 aliphatic rings. The Bertz CT molecular complexity index is 695. The van der Waals surface area contributed by atoms with Gasteiger partial charge in [0.05, 0.1) is 5.56 Å². The minimum atomic E-state index is -6.67. The third-order valence-corrected chi connectivity index (χ3v) is 3.94. The van der Waals surface area contributed by atoms with Gasteiger partial charge >= 0.3 is 24.2 Å². The molecule has 0 saturated carbocycles. The van der Waals surface area contributed by atoms with E-state index in [9.17, 15) is 48.7 Å². The van der Waals surface area contributed by atoms with Crippen molar-refractivity contribution in [3.63, 3.8) is 0 Å². The predicted molar refractivity (Wildman–Crippen MR) is 77.9 cm³/mol. The lowest BCUT2D eigenvalue weighted by Crippen LogP contribution is -2.61. The molecule has 1 rings (SSSR count). The van der Waals surface area contributed by atoms with Gasteiger partial charge in [-0.2, -0.15) is 43.9 Å². The first-order chi connectivity index (χ1) is 12.5. The number of halogens is 10. The van der Waals surface area contributed by atoms with Gasteiger partial charge in [0.25, 0.3) is 5.91 Å². The van der Waals surface area contributed by atoms with Gasteiger partial charge in [0.15, 0.2) is 0 Å². The van der Waals surface area contributed by atoms with Gasteiger partial charge in [-0.3, -0.25) is 4.79 Å². The van der Waals surface area contributed by atoms with Crippen LogP contribution in [0, 0.1) is 0 Å². The van der Waals surface area contributed by atoms with Crippen molar-refractivity contribution in [3.05, 3.63) is 35.4 Å². The lowest BCUT2D eigenvalue weighted by molar-refractivity contribution is -0.346. The average Bonchev–Trinajstić information content (AvgIpc) is 2.53. The highest BCUT2D eigenvalue weighted by Gasteiger charge is 2.76. The number of nitrogens with zero attached hydrogens (tertiary/aromatic N) is 1. The topological polar surface area (TPSA) is 20.3 Å². The highest BCUT2D eigenvalue weighted by Crippen LogP contribution is 2.47. The first-order valence-electron chi connectivity index (χ1n) is 7.76. The zero-order valence-corrected chi connectivity index (χ0v) is 14.4. The monoisotopic (exact) mass is 427 g/mol. The minimum Gasteiger partial charge on any atom is -0.334 e. The van der Waals surface area contributed by atoms with E-state index in [0.29, 0.717) is 6.07 Å². The fraction of sp³-hybridized carbons (Fsp3) is 0.562. The van der Waals surface area contributed by atoms with Gasteiger partial charge in [-0.25, -0.2) is 0 Å². The standard InChI is InChI=1S/C16H15F10NO/c1-3-27(12(28)13(17,18)15(22,23)16(24,25)26)9(2)7-10-5-4-6-11(8-10)14(19,20)21/h4-6,8-9H,3,7H2,1-2H3. The third-order valence-electron chi connectivity index (χ3n) is 3.94. The highest BCUT2D eigenvalue weighted by atomic mass is 19.4. The summed E-state index contributed by atoms with van der Waals surface area (Å²) in [6.45, 7) is 1.44. The van der Waals surface area contributed by atoms with Crippen molar-refractivity contribution in [2.24, 2.45) is 0 Å². The quantitative estimate of drug-likeness (QED) is 0.563. The van der Waals surface area contributed by atoms with E-state index in [0.717, 1.165) is 26.0 Å². The Labute approximate surface area is 153 Å². The predicted octanol–water partition coefficient (Wildman–Crippen LogP) is 5.32. The van der Waals surface area contributed by atoms with E-state index in [4.69, 9.17) is 0 Å². The normalized spacial score (nSPS) is 14.7. The summed E-state index contributed by atoms with van der Waals surface area (Å²) in [5.41, 5.74) is -1.14. The number of hydrogen-bond acceptors (Lipinski definition) is 1. The summed E-state index contributed by atoms with van der Waals surface area (Å²) in [6, 6.07) is 2.20. The molecule has 0 radical (unpaired) electrons. The van der Waals surface area contributed by atoms with Gasteiger partial charge in [0.2, 0.25) is 0 Å². The Morgan fingerprint density at radius 2 is 1.54 bits per heavy atom. The number of carbonyl (C=O) groups excluding carboxylic acids is 1. The molecular formula is C16H15F10NO. The summed E-state index contributed by atoms with van der Waals surface area (Å²) >= 11 is 0. The number of likely N-dealkylation sites (N-methyl/N-ethyl adjacent to an activating group) is 1. The molecule has 2 nitrogen and oxygen atoms in total. The third kappa shape index (κ3) is 4.69. The molecular weight excluding hydrogens is 412 g/mol. The maximum absolute atomic E-state index is 13.6. The molecule has 0 bridgehead atoms. The van der Waals surface area contributed by atoms with Gasteiger partial charge in [0.1, 0.15) is 0 Å². The second-order valence-corrected chi connectivity index (χ2v) is 5.99. The molecule has 0 aliphatic carbocycles. The SMILES string of the molecule is CCN(C(=O)C(F)(F)C(F)(F)C(F)(F)F)C(C)Cc1cccc(C(F)(F)F)c1. The lowest BCUT2D eigenvalue weighted by atomic mass is 10.0. The van der Waals surface area contributed by atoms with Crippen molar-refractivity contribution in [1.29, 1.82) is 0 Å². The number of hydrogen-bond donors (Lipinski definition) is 0. The summed E-state index contributed by atoms with van der Waals surface area (Å²) in [6.07, 6.45) is -11.9. The highest BCUT2D eigenvalue weighted by molar-refractivity contribution is 5.85. The lowest BCUT2D eigenvalue weighted by Gasteiger charge is -2.34. The summed E-state index contributed by atoms with van der Waals surface area (Å²) in [4.78, 5) is 11.8. The molecule has 0 heterocycles. The van der Waals surface area contributed by atoms with Crippen LogP contribution in [0.5, 0.6) is 0 Å². The molecule has 1 aromatic carbocycles. The van der Waals surface area contributed by atoms with E-state index >= 15 is 0 Å². The Kier molecular flexibility index (Phi) is 6.68. The summed E-state index contributed by atoms with van der Waals surface area (Å²) in [5.74, 6) is -15.5. The maximum atomic E-state index is 13.6. The van der Waals surface area contributed by atoms with Crippen molar-refractivity contribution in [2.75, 3.05) is 6.54 Å². The average molecular weight is 427 g/mol. The number of benzene rings is 1. The van der Waals surface area contributed by atoms with E-state index in [1.807, 2.05) is 0 Å². The van der Waals surface area contributed by atoms with Gasteiger partial charge < -0.3 is 4.90 Å². The van der Waals surface area contributed by atoms with Crippen LogP contribution >= 0.6 is 0 Å². The molecule has 0 fully saturated rings.